The normalized spacial score (nSPS) is 10.9. The summed E-state index contributed by atoms with van der Waals surface area (Å²) < 4.78 is 16.1. The highest BCUT2D eigenvalue weighted by molar-refractivity contribution is 5.80. The molecule has 120 valence electrons. The van der Waals surface area contributed by atoms with Gasteiger partial charge in [-0.3, -0.25) is 4.79 Å². The number of carbonyl (C=O) groups is 1. The van der Waals surface area contributed by atoms with Crippen LogP contribution in [0, 0.1) is 0 Å². The van der Waals surface area contributed by atoms with Crippen LogP contribution < -0.4 is 10.6 Å². The van der Waals surface area contributed by atoms with Gasteiger partial charge in [0.2, 0.25) is 0 Å². The molecule has 0 heterocycles. The zero-order valence-electron chi connectivity index (χ0n) is 12.9. The van der Waals surface area contributed by atoms with Crippen molar-refractivity contribution in [3.05, 3.63) is 0 Å². The molecule has 0 atom stereocenters. The van der Waals surface area contributed by atoms with Gasteiger partial charge in [0.25, 0.3) is 0 Å². The Hall–Kier alpha value is -0.530. The van der Waals surface area contributed by atoms with Crippen molar-refractivity contribution < 1.29 is 19.0 Å². The molecule has 0 unspecified atom stereocenters. The second-order valence-corrected chi connectivity index (χ2v) is 4.26. The lowest BCUT2D eigenvalue weighted by molar-refractivity contribution is -0.117. The average Bonchev–Trinajstić information content (AvgIpc) is 2.47. The molecule has 0 bridgehead atoms. The van der Waals surface area contributed by atoms with Crippen LogP contribution in [0.25, 0.3) is 0 Å². The summed E-state index contributed by atoms with van der Waals surface area (Å²) in [4.78, 5) is 11.0. The maximum absolute atomic E-state index is 11.0. The number of ether oxygens (including phenoxy) is 3. The summed E-state index contributed by atoms with van der Waals surface area (Å²) in [5.41, 5.74) is 0. The van der Waals surface area contributed by atoms with E-state index < -0.39 is 0 Å². The van der Waals surface area contributed by atoms with E-state index in [0.29, 0.717) is 52.5 Å². The fraction of sp³-hybridized carbons (Fsp3) is 0.929. The maximum Gasteiger partial charge on any atom is 0.146 e. The number of ketones is 1. The van der Waals surface area contributed by atoms with E-state index in [1.54, 1.807) is 0 Å². The first-order chi connectivity index (χ1) is 9.81. The molecule has 20 heavy (non-hydrogen) atoms. The standard InChI is InChI=1S/C14H30N2O4/c1-3-14(17)13-16-6-8-19-10-12-20-11-9-18-7-5-15-4-2/h15-16H,3-13H2,1-2H3. The van der Waals surface area contributed by atoms with Crippen LogP contribution in [0.15, 0.2) is 0 Å². The Labute approximate surface area is 122 Å². The summed E-state index contributed by atoms with van der Waals surface area (Å²) in [7, 11) is 0. The highest BCUT2D eigenvalue weighted by Crippen LogP contribution is 1.81. The molecule has 0 saturated carbocycles. The van der Waals surface area contributed by atoms with E-state index in [0.717, 1.165) is 19.7 Å². The summed E-state index contributed by atoms with van der Waals surface area (Å²) in [6.45, 7) is 10.6. The Balaban J connectivity index is 2.97. The minimum absolute atomic E-state index is 0.225. The van der Waals surface area contributed by atoms with Gasteiger partial charge in [-0.15, -0.1) is 0 Å². The molecule has 0 aliphatic rings. The first kappa shape index (κ1) is 19.5. The van der Waals surface area contributed by atoms with Crippen molar-refractivity contribution in [1.29, 1.82) is 0 Å². The van der Waals surface area contributed by atoms with Crippen LogP contribution in [0.2, 0.25) is 0 Å². The topological polar surface area (TPSA) is 68.8 Å². The minimum Gasteiger partial charge on any atom is -0.378 e. The molecule has 0 radical (unpaired) electrons. The third kappa shape index (κ3) is 15.5. The van der Waals surface area contributed by atoms with E-state index in [1.165, 1.54) is 0 Å². The molecule has 0 aliphatic carbocycles. The number of carbonyl (C=O) groups excluding carboxylic acids is 1. The Morgan fingerprint density at radius 1 is 0.800 bits per heavy atom. The minimum atomic E-state index is 0.225. The van der Waals surface area contributed by atoms with Crippen molar-refractivity contribution in [1.82, 2.24) is 10.6 Å². The summed E-state index contributed by atoms with van der Waals surface area (Å²) in [6, 6.07) is 0. The van der Waals surface area contributed by atoms with Crippen molar-refractivity contribution in [3.63, 3.8) is 0 Å². The highest BCUT2D eigenvalue weighted by atomic mass is 16.5. The van der Waals surface area contributed by atoms with E-state index in [4.69, 9.17) is 14.2 Å². The fourth-order valence-corrected chi connectivity index (χ4v) is 1.36. The molecular weight excluding hydrogens is 260 g/mol. The van der Waals surface area contributed by atoms with Crippen molar-refractivity contribution >= 4 is 5.78 Å². The second kappa shape index (κ2) is 16.5. The van der Waals surface area contributed by atoms with Gasteiger partial charge in [-0.25, -0.2) is 0 Å². The van der Waals surface area contributed by atoms with Crippen molar-refractivity contribution in [2.24, 2.45) is 0 Å². The van der Waals surface area contributed by atoms with Gasteiger partial charge >= 0.3 is 0 Å². The van der Waals surface area contributed by atoms with Crippen LogP contribution >= 0.6 is 0 Å². The number of rotatable bonds is 16. The van der Waals surface area contributed by atoms with Crippen LogP contribution in [0.1, 0.15) is 20.3 Å². The lowest BCUT2D eigenvalue weighted by Gasteiger charge is -2.07. The Kier molecular flexibility index (Phi) is 16.1. The lowest BCUT2D eigenvalue weighted by atomic mass is 10.3. The van der Waals surface area contributed by atoms with Crippen LogP contribution in [0.3, 0.4) is 0 Å². The van der Waals surface area contributed by atoms with Gasteiger partial charge in [0, 0.05) is 19.5 Å². The van der Waals surface area contributed by atoms with Gasteiger partial charge in [0.1, 0.15) is 5.78 Å². The van der Waals surface area contributed by atoms with Crippen molar-refractivity contribution in [2.45, 2.75) is 20.3 Å². The summed E-state index contributed by atoms with van der Waals surface area (Å²) in [6.07, 6.45) is 0.582. The molecular formula is C14H30N2O4. The van der Waals surface area contributed by atoms with Crippen LogP contribution in [0.5, 0.6) is 0 Å². The first-order valence-corrected chi connectivity index (χ1v) is 7.47. The molecule has 0 rings (SSSR count). The number of hydrogen-bond acceptors (Lipinski definition) is 6. The van der Waals surface area contributed by atoms with Gasteiger partial charge in [0.05, 0.1) is 46.2 Å². The molecule has 6 nitrogen and oxygen atoms in total. The van der Waals surface area contributed by atoms with Crippen LogP contribution in [-0.4, -0.2) is 71.6 Å². The smallest absolute Gasteiger partial charge is 0.146 e. The van der Waals surface area contributed by atoms with Gasteiger partial charge in [0.15, 0.2) is 0 Å². The summed E-state index contributed by atoms with van der Waals surface area (Å²) in [5.74, 6) is 0.225. The number of nitrogens with one attached hydrogen (secondary N) is 2. The third-order valence-electron chi connectivity index (χ3n) is 2.56. The summed E-state index contributed by atoms with van der Waals surface area (Å²) >= 11 is 0. The quantitative estimate of drug-likeness (QED) is 0.396. The van der Waals surface area contributed by atoms with Gasteiger partial charge in [-0.1, -0.05) is 13.8 Å². The number of hydrogen-bond donors (Lipinski definition) is 2. The Morgan fingerprint density at radius 2 is 1.30 bits per heavy atom. The van der Waals surface area contributed by atoms with Gasteiger partial charge < -0.3 is 24.8 Å². The van der Waals surface area contributed by atoms with E-state index in [1.807, 2.05) is 6.92 Å². The zero-order chi connectivity index (χ0) is 14.9. The molecule has 0 aromatic carbocycles. The Bertz CT molecular complexity index is 215. The molecule has 0 aromatic heterocycles. The third-order valence-corrected chi connectivity index (χ3v) is 2.56. The van der Waals surface area contributed by atoms with Crippen LogP contribution in [0.4, 0.5) is 0 Å². The highest BCUT2D eigenvalue weighted by Gasteiger charge is 1.96. The van der Waals surface area contributed by atoms with E-state index >= 15 is 0 Å². The van der Waals surface area contributed by atoms with Crippen LogP contribution in [-0.2, 0) is 19.0 Å². The maximum atomic E-state index is 11.0. The molecule has 0 saturated heterocycles. The number of Topliss-reactive ketones (excluding diaryl/α,β-unsaturated/α-hetero) is 1. The molecule has 6 heteroatoms. The predicted octanol–water partition coefficient (Wildman–Crippen LogP) is 0.214. The average molecular weight is 290 g/mol. The van der Waals surface area contributed by atoms with Gasteiger partial charge in [-0.2, -0.15) is 0 Å². The van der Waals surface area contributed by atoms with E-state index in [-0.39, 0.29) is 5.78 Å². The zero-order valence-corrected chi connectivity index (χ0v) is 12.9. The molecule has 2 N–H and O–H groups in total. The lowest BCUT2D eigenvalue weighted by Crippen LogP contribution is -2.26. The SMILES string of the molecule is CCNCCOCCOCCOCCNCC(=O)CC. The number of likely N-dealkylation sites (N-methyl/N-ethyl adjacent to an activating group) is 1. The molecule has 0 aliphatic heterocycles. The largest absolute Gasteiger partial charge is 0.378 e. The second-order valence-electron chi connectivity index (χ2n) is 4.26. The monoisotopic (exact) mass is 290 g/mol. The van der Waals surface area contributed by atoms with E-state index in [9.17, 15) is 4.79 Å². The molecule has 0 amide bonds. The molecule has 0 aromatic rings. The van der Waals surface area contributed by atoms with E-state index in [2.05, 4.69) is 17.6 Å². The summed E-state index contributed by atoms with van der Waals surface area (Å²) in [5, 5.41) is 6.21. The predicted molar refractivity (Wildman–Crippen MR) is 79.2 cm³/mol. The van der Waals surface area contributed by atoms with Crippen molar-refractivity contribution in [3.8, 4) is 0 Å². The Morgan fingerprint density at radius 3 is 1.80 bits per heavy atom. The molecule has 0 fully saturated rings. The van der Waals surface area contributed by atoms with Gasteiger partial charge in [-0.05, 0) is 6.54 Å². The van der Waals surface area contributed by atoms with Crippen molar-refractivity contribution in [2.75, 3.05) is 65.8 Å². The molecule has 0 spiro atoms. The first-order valence-electron chi connectivity index (χ1n) is 7.47. The fourth-order valence-electron chi connectivity index (χ4n) is 1.36.